The summed E-state index contributed by atoms with van der Waals surface area (Å²) in [4.78, 5) is 12.3. The van der Waals surface area contributed by atoms with E-state index in [4.69, 9.17) is 4.74 Å². The minimum Gasteiger partial charge on any atom is -0.508 e. The number of carbonyl (C=O) groups is 1. The van der Waals surface area contributed by atoms with Crippen molar-refractivity contribution in [1.29, 1.82) is 0 Å². The summed E-state index contributed by atoms with van der Waals surface area (Å²) in [6.07, 6.45) is 1.59. The zero-order chi connectivity index (χ0) is 17.9. The maximum atomic E-state index is 12.3. The predicted octanol–water partition coefficient (Wildman–Crippen LogP) is 2.69. The van der Waals surface area contributed by atoms with Gasteiger partial charge in [0.25, 0.3) is 5.91 Å². The molecule has 0 aliphatic carbocycles. The third-order valence-electron chi connectivity index (χ3n) is 4.44. The topological polar surface area (TPSA) is 87.2 Å². The molecule has 0 spiro atoms. The summed E-state index contributed by atoms with van der Waals surface area (Å²) in [6, 6.07) is 14.7. The Balaban J connectivity index is 1.38. The molecule has 0 unspecified atom stereocenters. The van der Waals surface area contributed by atoms with Crippen molar-refractivity contribution in [3.63, 3.8) is 0 Å². The van der Waals surface area contributed by atoms with E-state index in [9.17, 15) is 9.90 Å². The fraction of sp³-hybridized carbons (Fsp3) is 0.200. The highest BCUT2D eigenvalue weighted by molar-refractivity contribution is 5.93. The van der Waals surface area contributed by atoms with Gasteiger partial charge in [0.15, 0.2) is 0 Å². The summed E-state index contributed by atoms with van der Waals surface area (Å²) in [7, 11) is 0. The Labute approximate surface area is 150 Å². The van der Waals surface area contributed by atoms with Crippen LogP contribution >= 0.6 is 0 Å². The number of H-pyrrole nitrogens is 1. The van der Waals surface area contributed by atoms with Gasteiger partial charge in [0.05, 0.1) is 12.3 Å². The van der Waals surface area contributed by atoms with Gasteiger partial charge in [0, 0.05) is 18.5 Å². The predicted molar refractivity (Wildman–Crippen MR) is 97.4 cm³/mol. The first-order valence-corrected chi connectivity index (χ1v) is 8.57. The van der Waals surface area contributed by atoms with Crippen LogP contribution in [-0.4, -0.2) is 34.4 Å². The smallest absolute Gasteiger partial charge is 0.269 e. The van der Waals surface area contributed by atoms with Crippen molar-refractivity contribution in [2.24, 2.45) is 0 Å². The van der Waals surface area contributed by atoms with Crippen LogP contribution in [0.5, 0.6) is 11.5 Å². The number of amides is 1. The number of nitrogens with zero attached hydrogens (tertiary/aromatic N) is 1. The quantitative estimate of drug-likeness (QED) is 0.661. The van der Waals surface area contributed by atoms with Gasteiger partial charge in [-0.05, 0) is 53.9 Å². The average molecular weight is 349 g/mol. The molecule has 0 saturated carbocycles. The van der Waals surface area contributed by atoms with Gasteiger partial charge in [-0.15, -0.1) is 0 Å². The molecule has 6 heteroatoms. The van der Waals surface area contributed by atoms with E-state index in [0.717, 1.165) is 29.0 Å². The Kier molecular flexibility index (Phi) is 4.31. The molecule has 2 heterocycles. The molecule has 2 aromatic carbocycles. The van der Waals surface area contributed by atoms with Gasteiger partial charge in [0.1, 0.15) is 17.2 Å². The van der Waals surface area contributed by atoms with Crippen LogP contribution in [0.2, 0.25) is 0 Å². The van der Waals surface area contributed by atoms with Crippen molar-refractivity contribution in [1.82, 2.24) is 15.5 Å². The molecule has 0 fully saturated rings. The van der Waals surface area contributed by atoms with E-state index in [1.54, 1.807) is 18.2 Å². The van der Waals surface area contributed by atoms with Crippen molar-refractivity contribution in [2.45, 2.75) is 12.8 Å². The Hall–Kier alpha value is -3.28. The number of phenolic OH excluding ortho intramolecular Hbond substituents is 1. The number of fused-ring (bicyclic) bond motifs is 1. The van der Waals surface area contributed by atoms with Crippen LogP contribution in [0.1, 0.15) is 21.6 Å². The van der Waals surface area contributed by atoms with Crippen molar-refractivity contribution in [3.8, 4) is 22.8 Å². The van der Waals surface area contributed by atoms with Crippen LogP contribution in [0.25, 0.3) is 11.3 Å². The molecule has 0 bridgehead atoms. The molecule has 0 radical (unpaired) electrons. The molecule has 0 atom stereocenters. The van der Waals surface area contributed by atoms with Gasteiger partial charge in [-0.3, -0.25) is 9.89 Å². The van der Waals surface area contributed by atoms with Gasteiger partial charge in [-0.2, -0.15) is 5.10 Å². The van der Waals surface area contributed by atoms with E-state index in [1.165, 1.54) is 5.56 Å². The Morgan fingerprint density at radius 2 is 2.04 bits per heavy atom. The van der Waals surface area contributed by atoms with E-state index in [-0.39, 0.29) is 11.7 Å². The summed E-state index contributed by atoms with van der Waals surface area (Å²) >= 11 is 0. The van der Waals surface area contributed by atoms with Gasteiger partial charge in [-0.1, -0.05) is 12.1 Å². The van der Waals surface area contributed by atoms with Crippen molar-refractivity contribution >= 4 is 5.91 Å². The molecule has 3 N–H and O–H groups in total. The highest BCUT2D eigenvalue weighted by Crippen LogP contribution is 2.29. The zero-order valence-electron chi connectivity index (χ0n) is 14.2. The summed E-state index contributed by atoms with van der Waals surface area (Å²) < 4.78 is 5.51. The maximum Gasteiger partial charge on any atom is 0.269 e. The van der Waals surface area contributed by atoms with Gasteiger partial charge in [-0.25, -0.2) is 0 Å². The van der Waals surface area contributed by atoms with Gasteiger partial charge in [0.2, 0.25) is 0 Å². The third-order valence-corrected chi connectivity index (χ3v) is 4.44. The normalized spacial score (nSPS) is 12.5. The standard InChI is InChI=1S/C20H19N3O3/c24-16-4-1-13(2-5-16)7-9-21-20(25)18-12-17(22-23-18)14-3-6-19-15(11-14)8-10-26-19/h1-6,11-12,24H,7-10H2,(H,21,25)(H,22,23). The number of aromatic amines is 1. The number of nitrogens with one attached hydrogen (secondary N) is 2. The van der Waals surface area contributed by atoms with Crippen molar-refractivity contribution in [3.05, 3.63) is 65.4 Å². The molecule has 6 nitrogen and oxygen atoms in total. The molecule has 3 aromatic rings. The molecule has 1 aromatic heterocycles. The van der Waals surface area contributed by atoms with E-state index < -0.39 is 0 Å². The lowest BCUT2D eigenvalue weighted by Crippen LogP contribution is -2.26. The highest BCUT2D eigenvalue weighted by atomic mass is 16.5. The number of benzene rings is 2. The van der Waals surface area contributed by atoms with Crippen molar-refractivity contribution in [2.75, 3.05) is 13.2 Å². The first kappa shape index (κ1) is 16.2. The lowest BCUT2D eigenvalue weighted by atomic mass is 10.1. The molecular weight excluding hydrogens is 330 g/mol. The summed E-state index contributed by atoms with van der Waals surface area (Å²) in [6.45, 7) is 1.22. The Morgan fingerprint density at radius 3 is 2.88 bits per heavy atom. The van der Waals surface area contributed by atoms with Crippen LogP contribution in [0.15, 0.2) is 48.5 Å². The lowest BCUT2D eigenvalue weighted by Gasteiger charge is -2.04. The summed E-state index contributed by atoms with van der Waals surface area (Å²) in [5.41, 5.74) is 4.36. The molecule has 0 saturated heterocycles. The minimum absolute atomic E-state index is 0.188. The van der Waals surface area contributed by atoms with Gasteiger partial charge >= 0.3 is 0 Å². The van der Waals surface area contributed by atoms with Crippen LogP contribution < -0.4 is 10.1 Å². The SMILES string of the molecule is O=C(NCCc1ccc(O)cc1)c1cc(-c2ccc3c(c2)CCO3)n[nH]1. The van der Waals surface area contributed by atoms with Crippen molar-refractivity contribution < 1.29 is 14.6 Å². The van der Waals surface area contributed by atoms with Gasteiger partial charge < -0.3 is 15.2 Å². The molecule has 1 aliphatic rings. The van der Waals surface area contributed by atoms with Crippen LogP contribution in [0, 0.1) is 0 Å². The highest BCUT2D eigenvalue weighted by Gasteiger charge is 2.15. The molecule has 1 aliphatic heterocycles. The van der Waals surface area contributed by atoms with Crippen LogP contribution in [0.3, 0.4) is 0 Å². The first-order chi connectivity index (χ1) is 12.7. The maximum absolute atomic E-state index is 12.3. The van der Waals surface area contributed by atoms with Crippen LogP contribution in [0.4, 0.5) is 0 Å². The van der Waals surface area contributed by atoms with E-state index in [2.05, 4.69) is 21.6 Å². The second-order valence-electron chi connectivity index (χ2n) is 6.26. The molecular formula is C20H19N3O3. The largest absolute Gasteiger partial charge is 0.508 e. The van der Waals surface area contributed by atoms with E-state index in [1.807, 2.05) is 24.3 Å². The minimum atomic E-state index is -0.188. The first-order valence-electron chi connectivity index (χ1n) is 8.57. The second-order valence-corrected chi connectivity index (χ2v) is 6.26. The Bertz CT molecular complexity index is 932. The fourth-order valence-corrected chi connectivity index (χ4v) is 3.01. The molecule has 1 amide bonds. The number of rotatable bonds is 5. The molecule has 26 heavy (non-hydrogen) atoms. The number of aromatic hydroxyl groups is 1. The number of carbonyl (C=O) groups excluding carboxylic acids is 1. The monoisotopic (exact) mass is 349 g/mol. The van der Waals surface area contributed by atoms with E-state index in [0.29, 0.717) is 25.3 Å². The number of hydrogen-bond donors (Lipinski definition) is 3. The number of aromatic nitrogens is 2. The fourth-order valence-electron chi connectivity index (χ4n) is 3.01. The lowest BCUT2D eigenvalue weighted by molar-refractivity contribution is 0.0949. The number of phenols is 1. The second kappa shape index (κ2) is 6.92. The summed E-state index contributed by atoms with van der Waals surface area (Å²) in [5, 5.41) is 19.2. The average Bonchev–Trinajstić information content (AvgIpc) is 3.32. The van der Waals surface area contributed by atoms with Crippen LogP contribution in [-0.2, 0) is 12.8 Å². The molecule has 132 valence electrons. The Morgan fingerprint density at radius 1 is 1.19 bits per heavy atom. The number of ether oxygens (including phenoxy) is 1. The molecule has 4 rings (SSSR count). The summed E-state index contributed by atoms with van der Waals surface area (Å²) in [5.74, 6) is 0.976. The third kappa shape index (κ3) is 3.39. The number of hydrogen-bond acceptors (Lipinski definition) is 4. The zero-order valence-corrected chi connectivity index (χ0v) is 14.2. The van der Waals surface area contributed by atoms with E-state index >= 15 is 0 Å².